The van der Waals surface area contributed by atoms with Crippen LogP contribution in [-0.2, 0) is 19.6 Å². The van der Waals surface area contributed by atoms with E-state index in [1.165, 1.54) is 0 Å². The second kappa shape index (κ2) is 4.37. The molecular formula is C8H10N4O4S2. The zero-order valence-electron chi connectivity index (χ0n) is 9.36. The molecule has 10 heteroatoms. The van der Waals surface area contributed by atoms with Gasteiger partial charge in [0, 0.05) is 12.3 Å². The average Bonchev–Trinajstić information content (AvgIpc) is 2.71. The lowest BCUT2D eigenvalue weighted by atomic mass is 9.99. The Morgan fingerprint density at radius 1 is 1.39 bits per heavy atom. The summed E-state index contributed by atoms with van der Waals surface area (Å²) in [5.74, 6) is -0.811. The predicted molar refractivity (Wildman–Crippen MR) is 62.4 cm³/mol. The average molecular weight is 290 g/mol. The van der Waals surface area contributed by atoms with Crippen molar-refractivity contribution in [1.29, 1.82) is 0 Å². The van der Waals surface area contributed by atoms with Crippen LogP contribution in [-0.4, -0.2) is 36.9 Å². The number of anilines is 1. The molecule has 98 valence electrons. The molecule has 1 fully saturated rings. The number of carbonyl (C=O) groups is 2. The van der Waals surface area contributed by atoms with E-state index in [0.29, 0.717) is 11.3 Å². The molecule has 0 spiro atoms. The molecule has 18 heavy (non-hydrogen) atoms. The Kier molecular flexibility index (Phi) is 3.17. The third-order valence-electron chi connectivity index (χ3n) is 2.43. The Bertz CT molecular complexity index is 608. The molecule has 2 rings (SSSR count). The second-order valence-corrected chi connectivity index (χ2v) is 6.65. The molecule has 0 aliphatic carbocycles. The maximum Gasteiger partial charge on any atom is 0.267 e. The number of ketones is 1. The van der Waals surface area contributed by atoms with Crippen molar-refractivity contribution in [3.63, 3.8) is 0 Å². The highest BCUT2D eigenvalue weighted by molar-refractivity contribution is 7.91. The van der Waals surface area contributed by atoms with Crippen LogP contribution >= 0.6 is 11.3 Å². The van der Waals surface area contributed by atoms with E-state index in [-0.39, 0.29) is 34.1 Å². The smallest absolute Gasteiger partial charge is 0.267 e. The van der Waals surface area contributed by atoms with Crippen LogP contribution in [0.2, 0.25) is 0 Å². The molecule has 1 unspecified atom stereocenters. The fraction of sp³-hybridized carbons (Fsp3) is 0.500. The van der Waals surface area contributed by atoms with Crippen LogP contribution in [0.5, 0.6) is 0 Å². The van der Waals surface area contributed by atoms with Crippen LogP contribution in [0.15, 0.2) is 4.34 Å². The van der Waals surface area contributed by atoms with Gasteiger partial charge < -0.3 is 0 Å². The fourth-order valence-corrected chi connectivity index (χ4v) is 3.03. The first-order valence-electron chi connectivity index (χ1n) is 4.98. The summed E-state index contributed by atoms with van der Waals surface area (Å²) in [5, 5.41) is 12.0. The molecule has 2 heterocycles. The van der Waals surface area contributed by atoms with Gasteiger partial charge in [-0.1, -0.05) is 18.3 Å². The van der Waals surface area contributed by atoms with Crippen molar-refractivity contribution in [3.05, 3.63) is 0 Å². The Balaban J connectivity index is 2.34. The van der Waals surface area contributed by atoms with Crippen molar-refractivity contribution in [1.82, 2.24) is 10.2 Å². The van der Waals surface area contributed by atoms with Gasteiger partial charge in [-0.05, 0) is 0 Å². The number of piperidine rings is 1. The van der Waals surface area contributed by atoms with E-state index in [9.17, 15) is 18.0 Å². The first-order valence-corrected chi connectivity index (χ1v) is 7.34. The summed E-state index contributed by atoms with van der Waals surface area (Å²) in [5.41, 5.74) is 0. The lowest BCUT2D eigenvalue weighted by molar-refractivity contribution is -0.130. The van der Waals surface area contributed by atoms with Crippen LogP contribution in [0.3, 0.4) is 0 Å². The number of rotatable bonds is 2. The zero-order chi connectivity index (χ0) is 13.5. The number of carbonyl (C=O) groups excluding carboxylic acids is 2. The molecule has 1 saturated heterocycles. The number of hydrogen-bond acceptors (Lipinski definition) is 7. The van der Waals surface area contributed by atoms with Gasteiger partial charge >= 0.3 is 0 Å². The van der Waals surface area contributed by atoms with E-state index in [1.807, 2.05) is 0 Å². The minimum atomic E-state index is -3.94. The minimum Gasteiger partial charge on any atom is -0.298 e. The summed E-state index contributed by atoms with van der Waals surface area (Å²) in [6, 6.07) is 0. The van der Waals surface area contributed by atoms with Crippen molar-refractivity contribution < 1.29 is 18.0 Å². The standard InChI is InChI=1S/C8H10N4O4S2/c1-4-2-5(13)3-12(6(4)14)7-10-11-8(17-7)18(9,15)16/h4H,2-3H2,1H3,(H2,9,15,16). The van der Waals surface area contributed by atoms with E-state index in [2.05, 4.69) is 10.2 Å². The zero-order valence-corrected chi connectivity index (χ0v) is 11.0. The number of amides is 1. The monoisotopic (exact) mass is 290 g/mol. The molecular weight excluding hydrogens is 280 g/mol. The number of Topliss-reactive ketones (excluding diaryl/α,β-unsaturated/α-hetero) is 1. The second-order valence-electron chi connectivity index (χ2n) is 3.96. The molecule has 0 bridgehead atoms. The maximum atomic E-state index is 11.9. The third kappa shape index (κ3) is 2.40. The lowest BCUT2D eigenvalue weighted by Crippen LogP contribution is -2.44. The molecule has 1 aromatic rings. The quantitative estimate of drug-likeness (QED) is 0.706. The summed E-state index contributed by atoms with van der Waals surface area (Å²) < 4.78 is 21.7. The van der Waals surface area contributed by atoms with Crippen LogP contribution in [0.1, 0.15) is 13.3 Å². The van der Waals surface area contributed by atoms with Crippen LogP contribution in [0.25, 0.3) is 0 Å². The Labute approximate surface area is 107 Å². The summed E-state index contributed by atoms with van der Waals surface area (Å²) in [4.78, 5) is 24.4. The van der Waals surface area contributed by atoms with Crippen molar-refractivity contribution in [2.75, 3.05) is 11.4 Å². The van der Waals surface area contributed by atoms with Gasteiger partial charge in [0.1, 0.15) is 0 Å². The van der Waals surface area contributed by atoms with E-state index in [0.717, 1.165) is 4.90 Å². The molecule has 1 aliphatic rings. The van der Waals surface area contributed by atoms with E-state index in [1.54, 1.807) is 6.92 Å². The first kappa shape index (κ1) is 13.1. The molecule has 1 amide bonds. The summed E-state index contributed by atoms with van der Waals surface area (Å²) in [7, 11) is -3.94. The molecule has 1 aliphatic heterocycles. The van der Waals surface area contributed by atoms with Crippen molar-refractivity contribution in [2.24, 2.45) is 11.1 Å². The van der Waals surface area contributed by atoms with Gasteiger partial charge in [0.15, 0.2) is 5.78 Å². The predicted octanol–water partition coefficient (Wildman–Crippen LogP) is -0.873. The van der Waals surface area contributed by atoms with Crippen LogP contribution < -0.4 is 10.0 Å². The molecule has 0 saturated carbocycles. The number of sulfonamides is 1. The van der Waals surface area contributed by atoms with Gasteiger partial charge in [-0.2, -0.15) is 0 Å². The SMILES string of the molecule is CC1CC(=O)CN(c2nnc(S(N)(=O)=O)s2)C1=O. The molecule has 1 aromatic heterocycles. The van der Waals surface area contributed by atoms with Crippen molar-refractivity contribution in [2.45, 2.75) is 17.7 Å². The number of nitrogens with two attached hydrogens (primary N) is 1. The number of hydrogen-bond donors (Lipinski definition) is 1. The largest absolute Gasteiger partial charge is 0.298 e. The highest BCUT2D eigenvalue weighted by atomic mass is 32.2. The topological polar surface area (TPSA) is 123 Å². The molecule has 2 N–H and O–H groups in total. The summed E-state index contributed by atoms with van der Waals surface area (Å²) in [6.07, 6.45) is 0.191. The van der Waals surface area contributed by atoms with Crippen molar-refractivity contribution in [3.8, 4) is 0 Å². The van der Waals surface area contributed by atoms with Gasteiger partial charge in [0.25, 0.3) is 10.0 Å². The minimum absolute atomic E-state index is 0.0731. The molecule has 1 atom stereocenters. The Morgan fingerprint density at radius 3 is 2.61 bits per heavy atom. The Hall–Kier alpha value is -1.39. The van der Waals surface area contributed by atoms with E-state index < -0.39 is 15.9 Å². The van der Waals surface area contributed by atoms with Crippen LogP contribution in [0, 0.1) is 5.92 Å². The highest BCUT2D eigenvalue weighted by Gasteiger charge is 2.33. The van der Waals surface area contributed by atoms with Gasteiger partial charge in [-0.25, -0.2) is 13.6 Å². The number of aromatic nitrogens is 2. The third-order valence-corrected chi connectivity index (χ3v) is 4.68. The maximum absolute atomic E-state index is 11.9. The summed E-state index contributed by atoms with van der Waals surface area (Å²) >= 11 is 0.672. The lowest BCUT2D eigenvalue weighted by Gasteiger charge is -2.26. The normalized spacial score (nSPS) is 21.4. The highest BCUT2D eigenvalue weighted by Crippen LogP contribution is 2.27. The number of nitrogens with zero attached hydrogens (tertiary/aromatic N) is 3. The van der Waals surface area contributed by atoms with Gasteiger partial charge in [0.2, 0.25) is 15.4 Å². The van der Waals surface area contributed by atoms with Gasteiger partial charge in [0.05, 0.1) is 6.54 Å². The van der Waals surface area contributed by atoms with E-state index in [4.69, 9.17) is 5.14 Å². The van der Waals surface area contributed by atoms with Crippen LogP contribution in [0.4, 0.5) is 5.13 Å². The van der Waals surface area contributed by atoms with Crippen molar-refractivity contribution >= 4 is 38.2 Å². The Morgan fingerprint density at radius 2 is 2.06 bits per heavy atom. The van der Waals surface area contributed by atoms with Gasteiger partial charge in [-0.15, -0.1) is 10.2 Å². The van der Waals surface area contributed by atoms with Gasteiger partial charge in [-0.3, -0.25) is 14.5 Å². The molecule has 8 nitrogen and oxygen atoms in total. The fourth-order valence-electron chi connectivity index (χ4n) is 1.60. The first-order chi connectivity index (χ1) is 8.29. The molecule has 0 aromatic carbocycles. The molecule has 0 radical (unpaired) electrons. The summed E-state index contributed by atoms with van der Waals surface area (Å²) in [6.45, 7) is 1.52. The number of primary sulfonamides is 1. The van der Waals surface area contributed by atoms with E-state index >= 15 is 0 Å².